The highest BCUT2D eigenvalue weighted by molar-refractivity contribution is 7.80. The molecule has 0 aliphatic carbocycles. The van der Waals surface area contributed by atoms with Crippen LogP contribution in [-0.2, 0) is 20.7 Å². The van der Waals surface area contributed by atoms with E-state index in [1.165, 1.54) is 11.0 Å². The summed E-state index contributed by atoms with van der Waals surface area (Å²) in [6, 6.07) is 12.5. The zero-order valence-corrected chi connectivity index (χ0v) is 25.4. The fraction of sp³-hybridized carbons (Fsp3) is 0.500. The molecule has 2 saturated heterocycles. The van der Waals surface area contributed by atoms with E-state index in [1.807, 2.05) is 60.0 Å². The number of aryl methyl sites for hydroxylation is 1. The number of hydrogen-bond acceptors (Lipinski definition) is 8. The van der Waals surface area contributed by atoms with Crippen molar-refractivity contribution in [1.29, 1.82) is 0 Å². The average molecular weight is 601 g/mol. The van der Waals surface area contributed by atoms with E-state index in [0.29, 0.717) is 63.6 Å². The number of amides is 3. The Bertz CT molecular complexity index is 1240. The third-order valence-electron chi connectivity index (χ3n) is 7.28. The van der Waals surface area contributed by atoms with Crippen LogP contribution in [0.25, 0.3) is 0 Å². The second-order valence-corrected chi connectivity index (χ2v) is 11.8. The summed E-state index contributed by atoms with van der Waals surface area (Å²) in [6.07, 6.45) is 1.12. The van der Waals surface area contributed by atoms with Crippen LogP contribution < -0.4 is 20.4 Å². The zero-order chi connectivity index (χ0) is 30.2. The van der Waals surface area contributed by atoms with Gasteiger partial charge in [-0.15, -0.1) is 0 Å². The molecular weight excluding hydrogens is 559 g/mol. The van der Waals surface area contributed by atoms with Crippen molar-refractivity contribution in [3.05, 3.63) is 53.8 Å². The Kier molecular flexibility index (Phi) is 11.1. The predicted molar refractivity (Wildman–Crippen MR) is 166 cm³/mol. The van der Waals surface area contributed by atoms with Crippen molar-refractivity contribution in [2.75, 3.05) is 75.0 Å². The number of hydrogen-bond donors (Lipinski definition) is 3. The molecule has 0 bridgehead atoms. The summed E-state index contributed by atoms with van der Waals surface area (Å²) in [4.78, 5) is 44.1. The molecular formula is C30H41FN6O4S. The van der Waals surface area contributed by atoms with Gasteiger partial charge in [-0.1, -0.05) is 12.1 Å². The Morgan fingerprint density at radius 1 is 1.12 bits per heavy atom. The predicted octanol–water partition coefficient (Wildman–Crippen LogP) is 3.19. The first-order valence-electron chi connectivity index (χ1n) is 14.3. The second-order valence-electron chi connectivity index (χ2n) is 11.0. The quantitative estimate of drug-likeness (QED) is 0.254. The number of halogens is 1. The summed E-state index contributed by atoms with van der Waals surface area (Å²) < 4.78 is 20.5. The third kappa shape index (κ3) is 8.83. The van der Waals surface area contributed by atoms with Crippen LogP contribution >= 0.6 is 12.6 Å². The topological polar surface area (TPSA) is 97.5 Å². The van der Waals surface area contributed by atoms with Gasteiger partial charge in [0, 0.05) is 50.2 Å². The van der Waals surface area contributed by atoms with Crippen molar-refractivity contribution >= 4 is 47.6 Å². The molecule has 0 radical (unpaired) electrons. The van der Waals surface area contributed by atoms with Crippen molar-refractivity contribution in [2.45, 2.75) is 37.7 Å². The Morgan fingerprint density at radius 3 is 2.48 bits per heavy atom. The number of likely N-dealkylation sites (N-methyl/N-ethyl adjacent to an activating group) is 1. The van der Waals surface area contributed by atoms with Gasteiger partial charge in [-0.05, 0) is 69.8 Å². The summed E-state index contributed by atoms with van der Waals surface area (Å²) in [6.45, 7) is 5.15. The lowest BCUT2D eigenvalue weighted by molar-refractivity contribution is -0.131. The van der Waals surface area contributed by atoms with E-state index in [2.05, 4.69) is 23.3 Å². The van der Waals surface area contributed by atoms with Crippen LogP contribution in [0.1, 0.15) is 25.3 Å². The lowest BCUT2D eigenvalue weighted by atomic mass is 10.1. The SMILES string of the molecule is C[C@H](S)NC[C@H]1CN(c2ccc(N3CCN(C(=O)CCCc4ccc(NC(=O)CN(C)C)cc4)CC3)c(F)c2)C(=O)O1. The minimum atomic E-state index is -0.492. The number of thiol groups is 1. The number of nitrogens with zero attached hydrogens (tertiary/aromatic N) is 4. The maximum atomic E-state index is 15.1. The third-order valence-corrected chi connectivity index (χ3v) is 7.47. The molecule has 2 heterocycles. The maximum absolute atomic E-state index is 15.1. The van der Waals surface area contributed by atoms with Crippen molar-refractivity contribution in [3.8, 4) is 0 Å². The first-order chi connectivity index (χ1) is 20.1. The largest absolute Gasteiger partial charge is 0.443 e. The maximum Gasteiger partial charge on any atom is 0.414 e. The molecule has 2 aromatic carbocycles. The van der Waals surface area contributed by atoms with Gasteiger partial charge >= 0.3 is 6.09 Å². The average Bonchev–Trinajstić information content (AvgIpc) is 3.32. The summed E-state index contributed by atoms with van der Waals surface area (Å²) in [5.41, 5.74) is 2.78. The van der Waals surface area contributed by atoms with Gasteiger partial charge in [0.2, 0.25) is 11.8 Å². The number of anilines is 3. The molecule has 0 unspecified atom stereocenters. The number of nitrogens with one attached hydrogen (secondary N) is 2. The van der Waals surface area contributed by atoms with Crippen LogP contribution in [0.4, 0.5) is 26.2 Å². The number of carbonyl (C=O) groups excluding carboxylic acids is 3. The Balaban J connectivity index is 1.20. The molecule has 0 spiro atoms. The summed E-state index contributed by atoms with van der Waals surface area (Å²) >= 11 is 4.27. The summed E-state index contributed by atoms with van der Waals surface area (Å²) in [5, 5.41) is 5.97. The number of rotatable bonds is 12. The van der Waals surface area contributed by atoms with Crippen LogP contribution in [0, 0.1) is 5.82 Å². The second kappa shape index (κ2) is 14.7. The summed E-state index contributed by atoms with van der Waals surface area (Å²) in [5.74, 6) is -0.371. The Hall–Kier alpha value is -3.35. The van der Waals surface area contributed by atoms with E-state index < -0.39 is 11.9 Å². The van der Waals surface area contributed by atoms with Crippen LogP contribution in [0.15, 0.2) is 42.5 Å². The van der Waals surface area contributed by atoms with Crippen molar-refractivity contribution < 1.29 is 23.5 Å². The van der Waals surface area contributed by atoms with Crippen LogP contribution in [0.5, 0.6) is 0 Å². The number of ether oxygens (including phenoxy) is 1. The van der Waals surface area contributed by atoms with Gasteiger partial charge in [-0.3, -0.25) is 14.5 Å². The molecule has 2 atom stereocenters. The number of benzene rings is 2. The first kappa shape index (κ1) is 31.6. The van der Waals surface area contributed by atoms with E-state index in [9.17, 15) is 14.4 Å². The zero-order valence-electron chi connectivity index (χ0n) is 24.5. The minimum absolute atomic E-state index is 0.0239. The lowest BCUT2D eigenvalue weighted by Gasteiger charge is -2.36. The van der Waals surface area contributed by atoms with Crippen molar-refractivity contribution in [1.82, 2.24) is 15.1 Å². The molecule has 0 aromatic heterocycles. The standard InChI is InChI=1S/C30H41FN6O4S/c1-21(42)32-18-25-19-37(30(40)41-25)24-11-12-27(26(31)17-24)35-13-15-36(16-14-35)29(39)6-4-5-22-7-9-23(10-8-22)33-28(38)20-34(2)3/h7-12,17,21,25,32,42H,4-6,13-16,18-20H2,1-3H3,(H,33,38)/t21-,25-/m0/s1. The molecule has 2 aliphatic heterocycles. The highest BCUT2D eigenvalue weighted by Crippen LogP contribution is 2.28. The van der Waals surface area contributed by atoms with Crippen LogP contribution in [0.2, 0.25) is 0 Å². The van der Waals surface area contributed by atoms with E-state index in [1.54, 1.807) is 12.1 Å². The van der Waals surface area contributed by atoms with E-state index >= 15 is 4.39 Å². The minimum Gasteiger partial charge on any atom is -0.443 e. The smallest absolute Gasteiger partial charge is 0.414 e. The molecule has 0 saturated carbocycles. The molecule has 42 heavy (non-hydrogen) atoms. The van der Waals surface area contributed by atoms with E-state index in [4.69, 9.17) is 4.74 Å². The monoisotopic (exact) mass is 600 g/mol. The van der Waals surface area contributed by atoms with Crippen molar-refractivity contribution in [2.24, 2.45) is 0 Å². The molecule has 12 heteroatoms. The van der Waals surface area contributed by atoms with Gasteiger partial charge in [0.25, 0.3) is 0 Å². The number of piperazine rings is 1. The van der Waals surface area contributed by atoms with Crippen molar-refractivity contribution in [3.63, 3.8) is 0 Å². The first-order valence-corrected chi connectivity index (χ1v) is 14.9. The highest BCUT2D eigenvalue weighted by Gasteiger charge is 2.33. The van der Waals surface area contributed by atoms with Crippen LogP contribution in [-0.4, -0.2) is 99.1 Å². The molecule has 3 amide bonds. The van der Waals surface area contributed by atoms with Gasteiger partial charge in [0.1, 0.15) is 11.9 Å². The highest BCUT2D eigenvalue weighted by atomic mass is 32.1. The molecule has 2 N–H and O–H groups in total. The summed E-state index contributed by atoms with van der Waals surface area (Å²) in [7, 11) is 3.69. The number of cyclic esters (lactones) is 1. The molecule has 228 valence electrons. The molecule has 4 rings (SSSR count). The molecule has 2 aliphatic rings. The van der Waals surface area contributed by atoms with Gasteiger partial charge in [-0.25, -0.2) is 9.18 Å². The molecule has 2 fully saturated rings. The Morgan fingerprint density at radius 2 is 1.83 bits per heavy atom. The number of carbonyl (C=O) groups is 3. The van der Waals surface area contributed by atoms with Gasteiger partial charge < -0.3 is 30.1 Å². The van der Waals surface area contributed by atoms with Gasteiger partial charge in [0.05, 0.1) is 24.5 Å². The van der Waals surface area contributed by atoms with Gasteiger partial charge in [-0.2, -0.15) is 12.6 Å². The lowest BCUT2D eigenvalue weighted by Crippen LogP contribution is -2.49. The Labute approximate surface area is 252 Å². The fourth-order valence-electron chi connectivity index (χ4n) is 5.10. The molecule has 10 nitrogen and oxygen atoms in total. The normalized spacial score (nSPS) is 17.9. The van der Waals surface area contributed by atoms with E-state index in [0.717, 1.165) is 24.1 Å². The van der Waals surface area contributed by atoms with Gasteiger partial charge in [0.15, 0.2) is 0 Å². The van der Waals surface area contributed by atoms with Crippen LogP contribution in [0.3, 0.4) is 0 Å². The fourth-order valence-corrected chi connectivity index (χ4v) is 5.21. The molecule has 2 aromatic rings. The van der Waals surface area contributed by atoms with E-state index in [-0.39, 0.29) is 23.3 Å².